The quantitative estimate of drug-likeness (QED) is 0.579. The first-order valence-electron chi connectivity index (χ1n) is 7.30. The van der Waals surface area contributed by atoms with E-state index >= 15 is 0 Å². The highest BCUT2D eigenvalue weighted by molar-refractivity contribution is 6.22. The van der Waals surface area contributed by atoms with Gasteiger partial charge in [0.25, 0.3) is 0 Å². The molecule has 2 amide bonds. The first-order chi connectivity index (χ1) is 9.68. The van der Waals surface area contributed by atoms with Crippen LogP contribution in [0.3, 0.4) is 0 Å². The van der Waals surface area contributed by atoms with Gasteiger partial charge >= 0.3 is 0 Å². The topological polar surface area (TPSA) is 37.4 Å². The van der Waals surface area contributed by atoms with E-state index in [0.717, 1.165) is 24.1 Å². The number of hydrogen-bond donors (Lipinski definition) is 0. The summed E-state index contributed by atoms with van der Waals surface area (Å²) in [6.07, 6.45) is 6.40. The standard InChI is InChI=1S/C17H17NO2/c1-10-4-2-3-5-13(10)18-16(19)14-11-6-7-12(9-8-11)15(14)17(18)20/h2-7,11-12,14-15H,8-9H2,1H3/t11-,12-,14-,15-/m1/s1. The summed E-state index contributed by atoms with van der Waals surface area (Å²) in [6, 6.07) is 7.64. The summed E-state index contributed by atoms with van der Waals surface area (Å²) < 4.78 is 0. The average molecular weight is 267 g/mol. The Morgan fingerprint density at radius 1 is 0.950 bits per heavy atom. The largest absolute Gasteiger partial charge is 0.274 e. The van der Waals surface area contributed by atoms with E-state index in [1.165, 1.54) is 4.90 Å². The lowest BCUT2D eigenvalue weighted by Crippen LogP contribution is -2.38. The number of rotatable bonds is 1. The first-order valence-corrected chi connectivity index (χ1v) is 7.30. The summed E-state index contributed by atoms with van der Waals surface area (Å²) in [7, 11) is 0. The molecule has 1 aromatic carbocycles. The molecule has 1 saturated heterocycles. The maximum Gasteiger partial charge on any atom is 0.238 e. The van der Waals surface area contributed by atoms with Gasteiger partial charge in [-0.15, -0.1) is 0 Å². The molecule has 2 bridgehead atoms. The van der Waals surface area contributed by atoms with E-state index in [2.05, 4.69) is 12.2 Å². The molecule has 20 heavy (non-hydrogen) atoms. The molecule has 3 aliphatic carbocycles. The molecule has 3 heteroatoms. The van der Waals surface area contributed by atoms with Crippen LogP contribution in [0, 0.1) is 30.6 Å². The molecule has 0 N–H and O–H groups in total. The summed E-state index contributed by atoms with van der Waals surface area (Å²) in [6.45, 7) is 1.95. The lowest BCUT2D eigenvalue weighted by atomic mass is 9.63. The van der Waals surface area contributed by atoms with Crippen LogP contribution in [-0.2, 0) is 9.59 Å². The molecule has 5 rings (SSSR count). The third-order valence-corrected chi connectivity index (χ3v) is 5.12. The predicted molar refractivity (Wildman–Crippen MR) is 76.0 cm³/mol. The SMILES string of the molecule is Cc1ccccc1N1C(=O)[C@H]2[C@H](C1=O)[C@@H]1C=C[C@@H]2CC1. The van der Waals surface area contributed by atoms with Gasteiger partial charge in [-0.1, -0.05) is 30.4 Å². The second kappa shape index (κ2) is 4.05. The summed E-state index contributed by atoms with van der Waals surface area (Å²) in [5, 5.41) is 0. The van der Waals surface area contributed by atoms with Gasteiger partial charge in [0.05, 0.1) is 17.5 Å². The third kappa shape index (κ3) is 1.41. The van der Waals surface area contributed by atoms with Gasteiger partial charge in [-0.3, -0.25) is 9.59 Å². The smallest absolute Gasteiger partial charge is 0.238 e. The van der Waals surface area contributed by atoms with Crippen LogP contribution >= 0.6 is 0 Å². The summed E-state index contributed by atoms with van der Waals surface area (Å²) in [5.74, 6) is 0.296. The van der Waals surface area contributed by atoms with Gasteiger partial charge in [0.2, 0.25) is 11.8 Å². The maximum atomic E-state index is 12.8. The number of imide groups is 1. The molecular formula is C17H17NO2. The van der Waals surface area contributed by atoms with Crippen molar-refractivity contribution in [2.24, 2.45) is 23.7 Å². The van der Waals surface area contributed by atoms with E-state index in [1.807, 2.05) is 31.2 Å². The van der Waals surface area contributed by atoms with E-state index in [4.69, 9.17) is 0 Å². The van der Waals surface area contributed by atoms with Gasteiger partial charge < -0.3 is 0 Å². The number of benzene rings is 1. The van der Waals surface area contributed by atoms with E-state index in [-0.39, 0.29) is 35.5 Å². The zero-order valence-electron chi connectivity index (χ0n) is 11.5. The molecular weight excluding hydrogens is 250 g/mol. The number of anilines is 1. The van der Waals surface area contributed by atoms with Crippen LogP contribution in [-0.4, -0.2) is 11.8 Å². The Labute approximate surface area is 118 Å². The van der Waals surface area contributed by atoms with Gasteiger partial charge in [0.15, 0.2) is 0 Å². The molecule has 2 fully saturated rings. The fraction of sp³-hybridized carbons (Fsp3) is 0.412. The Bertz CT molecular complexity index is 602. The Kier molecular flexibility index (Phi) is 2.40. The molecule has 3 nitrogen and oxygen atoms in total. The number of aryl methyl sites for hydroxylation is 1. The average Bonchev–Trinajstić information content (AvgIpc) is 2.75. The fourth-order valence-electron chi connectivity index (χ4n) is 4.13. The van der Waals surface area contributed by atoms with E-state index < -0.39 is 0 Å². The molecule has 102 valence electrons. The van der Waals surface area contributed by atoms with E-state index in [0.29, 0.717) is 0 Å². The molecule has 0 radical (unpaired) electrons. The minimum atomic E-state index is -0.120. The van der Waals surface area contributed by atoms with Crippen LogP contribution in [0.5, 0.6) is 0 Å². The molecule has 1 heterocycles. The van der Waals surface area contributed by atoms with Gasteiger partial charge in [0, 0.05) is 0 Å². The zero-order valence-corrected chi connectivity index (χ0v) is 11.5. The maximum absolute atomic E-state index is 12.8. The number of hydrogen-bond acceptors (Lipinski definition) is 2. The predicted octanol–water partition coefficient (Wildman–Crippen LogP) is 2.70. The third-order valence-electron chi connectivity index (χ3n) is 5.12. The minimum Gasteiger partial charge on any atom is -0.274 e. The van der Waals surface area contributed by atoms with Crippen LogP contribution in [0.15, 0.2) is 36.4 Å². The Morgan fingerprint density at radius 2 is 1.50 bits per heavy atom. The van der Waals surface area contributed by atoms with Crippen molar-refractivity contribution in [3.63, 3.8) is 0 Å². The van der Waals surface area contributed by atoms with Crippen LogP contribution < -0.4 is 4.90 Å². The Hall–Kier alpha value is -1.90. The lowest BCUT2D eigenvalue weighted by molar-refractivity contribution is -0.124. The number of amides is 2. The minimum absolute atomic E-state index is 0.00773. The van der Waals surface area contributed by atoms with Crippen molar-refractivity contribution in [1.29, 1.82) is 0 Å². The number of carbonyl (C=O) groups is 2. The second-order valence-corrected chi connectivity index (χ2v) is 6.14. The molecule has 0 unspecified atom stereocenters. The Balaban J connectivity index is 1.80. The van der Waals surface area contributed by atoms with Crippen molar-refractivity contribution in [2.45, 2.75) is 19.8 Å². The second-order valence-electron chi connectivity index (χ2n) is 6.14. The van der Waals surface area contributed by atoms with Crippen molar-refractivity contribution < 1.29 is 9.59 Å². The first kappa shape index (κ1) is 11.9. The number of allylic oxidation sites excluding steroid dienone is 2. The zero-order chi connectivity index (χ0) is 13.9. The number of nitrogens with zero attached hydrogens (tertiary/aromatic N) is 1. The van der Waals surface area contributed by atoms with E-state index in [9.17, 15) is 9.59 Å². The number of carbonyl (C=O) groups excluding carboxylic acids is 2. The van der Waals surface area contributed by atoms with Crippen LogP contribution in [0.4, 0.5) is 5.69 Å². The number of fused-ring (bicyclic) bond motifs is 1. The van der Waals surface area contributed by atoms with E-state index in [1.54, 1.807) is 0 Å². The molecule has 0 aromatic heterocycles. The fourth-order valence-corrected chi connectivity index (χ4v) is 4.13. The molecule has 1 aromatic rings. The summed E-state index contributed by atoms with van der Waals surface area (Å²) >= 11 is 0. The van der Waals surface area contributed by atoms with Crippen LogP contribution in [0.2, 0.25) is 0 Å². The van der Waals surface area contributed by atoms with Gasteiger partial charge in [-0.05, 0) is 43.2 Å². The normalized spacial score (nSPS) is 34.8. The van der Waals surface area contributed by atoms with Crippen molar-refractivity contribution in [3.05, 3.63) is 42.0 Å². The van der Waals surface area contributed by atoms with Crippen LogP contribution in [0.1, 0.15) is 18.4 Å². The number of para-hydroxylation sites is 1. The van der Waals surface area contributed by atoms with Crippen molar-refractivity contribution in [2.75, 3.05) is 4.90 Å². The summed E-state index contributed by atoms with van der Waals surface area (Å²) in [5.41, 5.74) is 1.74. The van der Waals surface area contributed by atoms with Gasteiger partial charge in [-0.2, -0.15) is 0 Å². The molecule has 0 spiro atoms. The van der Waals surface area contributed by atoms with Crippen LogP contribution in [0.25, 0.3) is 0 Å². The lowest BCUT2D eigenvalue weighted by Gasteiger charge is -2.38. The highest BCUT2D eigenvalue weighted by Crippen LogP contribution is 2.50. The summed E-state index contributed by atoms with van der Waals surface area (Å²) in [4.78, 5) is 27.0. The molecule has 1 saturated carbocycles. The molecule has 4 aliphatic rings. The monoisotopic (exact) mass is 267 g/mol. The Morgan fingerprint density at radius 3 is 2.00 bits per heavy atom. The highest BCUT2D eigenvalue weighted by atomic mass is 16.2. The van der Waals surface area contributed by atoms with Crippen molar-refractivity contribution in [3.8, 4) is 0 Å². The van der Waals surface area contributed by atoms with Gasteiger partial charge in [0.1, 0.15) is 0 Å². The molecule has 1 aliphatic heterocycles. The van der Waals surface area contributed by atoms with Gasteiger partial charge in [-0.25, -0.2) is 4.90 Å². The van der Waals surface area contributed by atoms with Crippen molar-refractivity contribution >= 4 is 17.5 Å². The molecule has 4 atom stereocenters. The highest BCUT2D eigenvalue weighted by Gasteiger charge is 2.56. The van der Waals surface area contributed by atoms with Crippen molar-refractivity contribution in [1.82, 2.24) is 0 Å².